The van der Waals surface area contributed by atoms with Crippen LogP contribution in [-0.2, 0) is 19.7 Å². The first-order valence-corrected chi connectivity index (χ1v) is 9.61. The number of aromatic nitrogens is 4. The number of benzene rings is 3. The number of hydrogen-bond donors (Lipinski definition) is 1. The lowest BCUT2D eigenvalue weighted by Gasteiger charge is -2.16. The Hall–Kier alpha value is -3.19. The zero-order valence-electron chi connectivity index (χ0n) is 15.8. The minimum atomic E-state index is -0.372. The molecule has 0 radical (unpaired) electrons. The molecule has 1 aromatic heterocycles. The third-order valence-corrected chi connectivity index (χ3v) is 5.00. The van der Waals surface area contributed by atoms with Gasteiger partial charge in [0.2, 0.25) is 5.95 Å². The second-order valence-corrected chi connectivity index (χ2v) is 6.87. The van der Waals surface area contributed by atoms with Crippen molar-refractivity contribution in [2.45, 2.75) is 26.6 Å². The molecular weight excluding hydrogens is 393 g/mol. The minimum Gasteiger partial charge on any atom is -0.488 e. The van der Waals surface area contributed by atoms with E-state index in [1.165, 1.54) is 12.1 Å². The molecule has 4 rings (SSSR count). The number of hydrogen-bond acceptors (Lipinski definition) is 5. The average Bonchev–Trinajstić information content (AvgIpc) is 3.19. The SMILES string of the molecule is CCn1nnnc1NCc1c(OCc2ccc(F)cc2Cl)ccc2ccccc12. The van der Waals surface area contributed by atoms with Crippen molar-refractivity contribution in [2.24, 2.45) is 0 Å². The molecule has 0 bridgehead atoms. The summed E-state index contributed by atoms with van der Waals surface area (Å²) in [7, 11) is 0. The summed E-state index contributed by atoms with van der Waals surface area (Å²) in [4.78, 5) is 0. The van der Waals surface area contributed by atoms with Crippen LogP contribution in [0, 0.1) is 5.82 Å². The van der Waals surface area contributed by atoms with Gasteiger partial charge in [-0.15, -0.1) is 0 Å². The summed E-state index contributed by atoms with van der Waals surface area (Å²) in [6.45, 7) is 3.35. The van der Waals surface area contributed by atoms with Gasteiger partial charge in [-0.25, -0.2) is 9.07 Å². The zero-order valence-corrected chi connectivity index (χ0v) is 16.5. The molecule has 3 aromatic carbocycles. The van der Waals surface area contributed by atoms with E-state index in [2.05, 4.69) is 26.9 Å². The summed E-state index contributed by atoms with van der Waals surface area (Å²) in [5.74, 6) is 0.933. The summed E-state index contributed by atoms with van der Waals surface area (Å²) in [5.41, 5.74) is 1.70. The van der Waals surface area contributed by atoms with E-state index < -0.39 is 0 Å². The molecular formula is C21H19ClFN5O. The zero-order chi connectivity index (χ0) is 20.2. The molecule has 1 N–H and O–H groups in total. The summed E-state index contributed by atoms with van der Waals surface area (Å²) in [5, 5.41) is 17.5. The third kappa shape index (κ3) is 4.14. The predicted octanol–water partition coefficient (Wildman–Crippen LogP) is 4.83. The van der Waals surface area contributed by atoms with Gasteiger partial charge in [0.05, 0.1) is 5.02 Å². The fourth-order valence-corrected chi connectivity index (χ4v) is 3.36. The molecule has 0 aliphatic heterocycles. The fraction of sp³-hybridized carbons (Fsp3) is 0.190. The molecule has 4 aromatic rings. The van der Waals surface area contributed by atoms with Gasteiger partial charge < -0.3 is 10.1 Å². The van der Waals surface area contributed by atoms with Gasteiger partial charge in [-0.1, -0.05) is 53.1 Å². The van der Waals surface area contributed by atoms with Crippen LogP contribution in [0.25, 0.3) is 10.8 Å². The third-order valence-electron chi connectivity index (χ3n) is 4.65. The van der Waals surface area contributed by atoms with Crippen LogP contribution in [0.15, 0.2) is 54.6 Å². The molecule has 0 aliphatic carbocycles. The van der Waals surface area contributed by atoms with Crippen molar-refractivity contribution < 1.29 is 9.13 Å². The van der Waals surface area contributed by atoms with Crippen LogP contribution in [0.1, 0.15) is 18.1 Å². The molecule has 6 nitrogen and oxygen atoms in total. The lowest BCUT2D eigenvalue weighted by atomic mass is 10.0. The Morgan fingerprint density at radius 2 is 2.00 bits per heavy atom. The van der Waals surface area contributed by atoms with Crippen LogP contribution in [0.5, 0.6) is 5.75 Å². The molecule has 29 heavy (non-hydrogen) atoms. The largest absolute Gasteiger partial charge is 0.488 e. The number of tetrazole rings is 1. The van der Waals surface area contributed by atoms with Crippen LogP contribution >= 0.6 is 11.6 Å². The first-order valence-electron chi connectivity index (χ1n) is 9.23. The molecule has 0 atom stereocenters. The van der Waals surface area contributed by atoms with Crippen molar-refractivity contribution in [3.05, 3.63) is 76.6 Å². The van der Waals surface area contributed by atoms with Gasteiger partial charge in [0, 0.05) is 24.2 Å². The molecule has 0 aliphatic rings. The maximum Gasteiger partial charge on any atom is 0.243 e. The topological polar surface area (TPSA) is 64.9 Å². The van der Waals surface area contributed by atoms with E-state index in [1.807, 2.05) is 37.3 Å². The fourth-order valence-electron chi connectivity index (χ4n) is 3.14. The number of rotatable bonds is 7. The van der Waals surface area contributed by atoms with Crippen molar-refractivity contribution >= 4 is 28.3 Å². The van der Waals surface area contributed by atoms with Crippen molar-refractivity contribution in [3.8, 4) is 5.75 Å². The second-order valence-electron chi connectivity index (χ2n) is 6.46. The Morgan fingerprint density at radius 1 is 1.14 bits per heavy atom. The van der Waals surface area contributed by atoms with Crippen LogP contribution in [-0.4, -0.2) is 20.2 Å². The van der Waals surface area contributed by atoms with Gasteiger partial charge in [0.1, 0.15) is 18.2 Å². The molecule has 0 spiro atoms. The molecule has 1 heterocycles. The van der Waals surface area contributed by atoms with E-state index in [1.54, 1.807) is 10.7 Å². The maximum atomic E-state index is 13.3. The van der Waals surface area contributed by atoms with E-state index in [0.717, 1.165) is 21.9 Å². The van der Waals surface area contributed by atoms with Gasteiger partial charge in [-0.2, -0.15) is 0 Å². The Morgan fingerprint density at radius 3 is 2.83 bits per heavy atom. The number of ether oxygens (including phenoxy) is 1. The molecule has 0 saturated carbocycles. The van der Waals surface area contributed by atoms with E-state index in [4.69, 9.17) is 16.3 Å². The van der Waals surface area contributed by atoms with Crippen LogP contribution in [0.4, 0.5) is 10.3 Å². The van der Waals surface area contributed by atoms with E-state index in [-0.39, 0.29) is 12.4 Å². The first kappa shape index (κ1) is 19.1. The lowest BCUT2D eigenvalue weighted by Crippen LogP contribution is -2.09. The summed E-state index contributed by atoms with van der Waals surface area (Å²) < 4.78 is 21.1. The predicted molar refractivity (Wildman–Crippen MR) is 111 cm³/mol. The highest BCUT2D eigenvalue weighted by Gasteiger charge is 2.12. The quantitative estimate of drug-likeness (QED) is 0.472. The Kier molecular flexibility index (Phi) is 5.57. The number of nitrogens with zero attached hydrogens (tertiary/aromatic N) is 4. The Balaban J connectivity index is 1.63. The van der Waals surface area contributed by atoms with E-state index in [0.29, 0.717) is 29.8 Å². The number of aryl methyl sites for hydroxylation is 1. The summed E-state index contributed by atoms with van der Waals surface area (Å²) >= 11 is 6.14. The smallest absolute Gasteiger partial charge is 0.243 e. The highest BCUT2D eigenvalue weighted by molar-refractivity contribution is 6.31. The van der Waals surface area contributed by atoms with E-state index in [9.17, 15) is 4.39 Å². The van der Waals surface area contributed by atoms with Gasteiger partial charge in [-0.05, 0) is 46.3 Å². The van der Waals surface area contributed by atoms with Crippen LogP contribution in [0.3, 0.4) is 0 Å². The van der Waals surface area contributed by atoms with Crippen LogP contribution < -0.4 is 10.1 Å². The standard InChI is InChI=1S/C21H19ClFN5O/c1-2-28-21(25-26-27-28)24-12-18-17-6-4-3-5-14(17)8-10-20(18)29-13-15-7-9-16(23)11-19(15)22/h3-11H,2,12-13H2,1H3,(H,24,25,27). The Bertz CT molecular complexity index is 1150. The summed E-state index contributed by atoms with van der Waals surface area (Å²) in [6, 6.07) is 16.3. The number of nitrogens with one attached hydrogen (secondary N) is 1. The first-order chi connectivity index (χ1) is 14.2. The number of anilines is 1. The Labute approximate surface area is 172 Å². The molecule has 0 unspecified atom stereocenters. The molecule has 148 valence electrons. The maximum absolute atomic E-state index is 13.3. The van der Waals surface area contributed by atoms with Crippen molar-refractivity contribution in [3.63, 3.8) is 0 Å². The highest BCUT2D eigenvalue weighted by Crippen LogP contribution is 2.30. The van der Waals surface area contributed by atoms with E-state index >= 15 is 0 Å². The molecule has 0 saturated heterocycles. The van der Waals surface area contributed by atoms with Gasteiger partial charge in [0.25, 0.3) is 0 Å². The number of halogens is 2. The van der Waals surface area contributed by atoms with Crippen LogP contribution in [0.2, 0.25) is 5.02 Å². The monoisotopic (exact) mass is 411 g/mol. The van der Waals surface area contributed by atoms with Gasteiger partial charge >= 0.3 is 0 Å². The van der Waals surface area contributed by atoms with Crippen molar-refractivity contribution in [2.75, 3.05) is 5.32 Å². The minimum absolute atomic E-state index is 0.233. The van der Waals surface area contributed by atoms with Crippen molar-refractivity contribution in [1.29, 1.82) is 0 Å². The normalized spacial score (nSPS) is 11.0. The average molecular weight is 412 g/mol. The summed E-state index contributed by atoms with van der Waals surface area (Å²) in [6.07, 6.45) is 0. The van der Waals surface area contributed by atoms with Gasteiger partial charge in [0.15, 0.2) is 0 Å². The number of fused-ring (bicyclic) bond motifs is 1. The lowest BCUT2D eigenvalue weighted by molar-refractivity contribution is 0.304. The van der Waals surface area contributed by atoms with Crippen molar-refractivity contribution in [1.82, 2.24) is 20.2 Å². The second kappa shape index (κ2) is 8.45. The molecule has 0 amide bonds. The molecule has 8 heteroatoms. The highest BCUT2D eigenvalue weighted by atomic mass is 35.5. The van der Waals surface area contributed by atoms with Gasteiger partial charge in [-0.3, -0.25) is 0 Å². The molecule has 0 fully saturated rings.